The predicted octanol–water partition coefficient (Wildman–Crippen LogP) is 1.80. The Morgan fingerprint density at radius 1 is 1.31 bits per heavy atom. The van der Waals surface area contributed by atoms with Crippen LogP contribution in [0.5, 0.6) is 5.75 Å². The average molecular weight is 478 g/mol. The molecule has 14 heteroatoms. The molecule has 0 unspecified atom stereocenters. The number of sulfonamides is 1. The highest BCUT2D eigenvalue weighted by Crippen LogP contribution is 2.36. The number of aromatic nitrogens is 1. The van der Waals surface area contributed by atoms with Crippen molar-refractivity contribution in [3.63, 3.8) is 0 Å². The molecule has 0 saturated carbocycles. The Balaban J connectivity index is 1.68. The Morgan fingerprint density at radius 2 is 2.03 bits per heavy atom. The van der Waals surface area contributed by atoms with E-state index in [1.807, 2.05) is 0 Å². The minimum atomic E-state index is -4.97. The van der Waals surface area contributed by atoms with Gasteiger partial charge in [-0.15, -0.1) is 0 Å². The van der Waals surface area contributed by atoms with E-state index in [1.54, 1.807) is 0 Å². The molecule has 2 aromatic rings. The summed E-state index contributed by atoms with van der Waals surface area (Å²) in [7, 11) is -2.76. The second-order valence-electron chi connectivity index (χ2n) is 7.60. The first kappa shape index (κ1) is 22.5. The molecular weight excluding hydrogens is 460 g/mol. The number of amides is 1. The zero-order valence-electron chi connectivity index (χ0n) is 16.5. The molecule has 0 radical (unpaired) electrons. The number of alkyl halides is 3. The molecule has 3 heterocycles. The Labute approximate surface area is 179 Å². The van der Waals surface area contributed by atoms with Crippen LogP contribution in [0.2, 0.25) is 0 Å². The predicted molar refractivity (Wildman–Crippen MR) is 101 cm³/mol. The summed E-state index contributed by atoms with van der Waals surface area (Å²) >= 11 is 0. The number of hydroxylamine groups is 2. The number of aryl methyl sites for hydroxylation is 1. The molecule has 0 aliphatic carbocycles. The molecule has 0 spiro atoms. The largest absolute Gasteiger partial charge is 0.489 e. The molecule has 4 rings (SSSR count). The molecule has 3 N–H and O–H groups in total. The van der Waals surface area contributed by atoms with Gasteiger partial charge >= 0.3 is 6.18 Å². The second-order valence-corrected chi connectivity index (χ2v) is 9.28. The number of hydrogen-bond acceptors (Lipinski definition) is 6. The summed E-state index contributed by atoms with van der Waals surface area (Å²) in [6.07, 6.45) is -3.82. The Kier molecular flexibility index (Phi) is 5.43. The fourth-order valence-corrected chi connectivity index (χ4v) is 5.27. The highest BCUT2D eigenvalue weighted by atomic mass is 32.2. The van der Waals surface area contributed by atoms with E-state index in [0.717, 1.165) is 17.3 Å². The van der Waals surface area contributed by atoms with Crippen LogP contribution in [0.4, 0.5) is 23.2 Å². The lowest BCUT2D eigenvalue weighted by Crippen LogP contribution is -2.43. The van der Waals surface area contributed by atoms with Crippen LogP contribution in [-0.2, 0) is 23.2 Å². The van der Waals surface area contributed by atoms with Crippen LogP contribution < -0.4 is 14.8 Å². The first-order valence-electron chi connectivity index (χ1n) is 9.33. The maximum atomic E-state index is 13.5. The third-order valence-corrected chi connectivity index (χ3v) is 6.79. The molecule has 1 amide bonds. The van der Waals surface area contributed by atoms with Crippen molar-refractivity contribution in [3.8, 4) is 5.75 Å². The van der Waals surface area contributed by atoms with Crippen molar-refractivity contribution in [1.82, 2.24) is 14.4 Å². The molecule has 1 fully saturated rings. The van der Waals surface area contributed by atoms with E-state index in [4.69, 9.17) is 4.74 Å². The topological polar surface area (TPSA) is 113 Å². The number of ether oxygens (including phenoxy) is 1. The molecule has 0 bridgehead atoms. The van der Waals surface area contributed by atoms with E-state index in [0.29, 0.717) is 12.1 Å². The van der Waals surface area contributed by atoms with Crippen molar-refractivity contribution in [1.29, 1.82) is 0 Å². The molecule has 2 atom stereocenters. The lowest BCUT2D eigenvalue weighted by Gasteiger charge is -2.23. The van der Waals surface area contributed by atoms with Crippen molar-refractivity contribution in [2.75, 3.05) is 25.0 Å². The lowest BCUT2D eigenvalue weighted by atomic mass is 10.1. The summed E-state index contributed by atoms with van der Waals surface area (Å²) in [5.74, 6) is -3.11. The van der Waals surface area contributed by atoms with Crippen LogP contribution in [-0.4, -0.2) is 54.9 Å². The third kappa shape index (κ3) is 4.05. The average Bonchev–Trinajstić information content (AvgIpc) is 3.18. The van der Waals surface area contributed by atoms with Crippen LogP contribution in [0, 0.1) is 11.7 Å². The smallest absolute Gasteiger partial charge is 0.419 e. The van der Waals surface area contributed by atoms with Gasteiger partial charge in [0.15, 0.2) is 11.4 Å². The van der Waals surface area contributed by atoms with E-state index in [-0.39, 0.29) is 41.7 Å². The van der Waals surface area contributed by atoms with Crippen molar-refractivity contribution in [2.24, 2.45) is 13.0 Å². The highest BCUT2D eigenvalue weighted by Gasteiger charge is 2.41. The van der Waals surface area contributed by atoms with Gasteiger partial charge in [0, 0.05) is 44.0 Å². The summed E-state index contributed by atoms with van der Waals surface area (Å²) in [6, 6.07) is 1.36. The van der Waals surface area contributed by atoms with Gasteiger partial charge in [-0.1, -0.05) is 0 Å². The van der Waals surface area contributed by atoms with Crippen molar-refractivity contribution in [2.45, 2.75) is 17.1 Å². The van der Waals surface area contributed by atoms with Gasteiger partial charge in [0.25, 0.3) is 5.91 Å². The van der Waals surface area contributed by atoms with Crippen molar-refractivity contribution in [3.05, 3.63) is 41.5 Å². The molecule has 174 valence electrons. The second kappa shape index (κ2) is 7.72. The molecule has 32 heavy (non-hydrogen) atoms. The molecule has 1 saturated heterocycles. The number of carbonyl (C=O) groups excluding carboxylic acids is 1. The van der Waals surface area contributed by atoms with E-state index in [9.17, 15) is 36.0 Å². The number of nitrogens with one attached hydrogen (secondary N) is 2. The van der Waals surface area contributed by atoms with Crippen LogP contribution >= 0.6 is 0 Å². The number of benzene rings is 1. The molecule has 9 nitrogen and oxygen atoms in total. The summed E-state index contributed by atoms with van der Waals surface area (Å²) in [4.78, 5) is 12.5. The summed E-state index contributed by atoms with van der Waals surface area (Å²) in [5, 5.41) is 12.9. The van der Waals surface area contributed by atoms with Gasteiger partial charge in [0.05, 0.1) is 12.2 Å². The van der Waals surface area contributed by atoms with E-state index < -0.39 is 45.4 Å². The van der Waals surface area contributed by atoms with Crippen LogP contribution in [0.3, 0.4) is 0 Å². The number of fused-ring (bicyclic) bond motifs is 2. The minimum absolute atomic E-state index is 0.0175. The maximum absolute atomic E-state index is 13.5. The Morgan fingerprint density at radius 3 is 2.72 bits per heavy atom. The standard InChI is InChI=1S/C18H18F4N4O5S/c1-25-7-14-16(31-8-9-5-26(28)6-13(9)24-32(14,29)30)15(25)17(27)23-10-2-3-12(19)11(4-10)18(20,21)22/h2-4,7,9,13,24,28H,5-6,8H2,1H3,(H,23,27)/t9-,13-/m0/s1. The van der Waals surface area contributed by atoms with Gasteiger partial charge in [0.1, 0.15) is 10.7 Å². The fraction of sp³-hybridized carbons (Fsp3) is 0.389. The third-order valence-electron chi connectivity index (χ3n) is 5.31. The van der Waals surface area contributed by atoms with Crippen LogP contribution in [0.15, 0.2) is 29.3 Å². The Bertz CT molecular complexity index is 1180. The van der Waals surface area contributed by atoms with E-state index >= 15 is 0 Å². The van der Waals surface area contributed by atoms with Gasteiger partial charge < -0.3 is 19.8 Å². The molecule has 2 aliphatic heterocycles. The molecular formula is C18H18F4N4O5S. The summed E-state index contributed by atoms with van der Waals surface area (Å²) in [6.45, 7) is 0.192. The van der Waals surface area contributed by atoms with Gasteiger partial charge in [-0.25, -0.2) is 17.5 Å². The summed E-state index contributed by atoms with van der Waals surface area (Å²) < 4.78 is 87.4. The van der Waals surface area contributed by atoms with Gasteiger partial charge in [-0.2, -0.15) is 18.2 Å². The highest BCUT2D eigenvalue weighted by molar-refractivity contribution is 7.89. The fourth-order valence-electron chi connectivity index (χ4n) is 3.78. The van der Waals surface area contributed by atoms with Crippen LogP contribution in [0.25, 0.3) is 0 Å². The summed E-state index contributed by atoms with van der Waals surface area (Å²) in [5.41, 5.74) is -2.14. The number of carbonyl (C=O) groups is 1. The van der Waals surface area contributed by atoms with Crippen LogP contribution in [0.1, 0.15) is 16.1 Å². The number of rotatable bonds is 2. The minimum Gasteiger partial charge on any atom is -0.489 e. The Hall–Kier alpha value is -2.68. The van der Waals surface area contributed by atoms with Gasteiger partial charge in [-0.3, -0.25) is 4.79 Å². The molecule has 2 aliphatic rings. The zero-order chi connectivity index (χ0) is 23.4. The number of halogens is 4. The number of nitrogens with zero attached hydrogens (tertiary/aromatic N) is 2. The first-order valence-corrected chi connectivity index (χ1v) is 10.8. The number of anilines is 1. The van der Waals surface area contributed by atoms with Gasteiger partial charge in [0.2, 0.25) is 10.0 Å². The van der Waals surface area contributed by atoms with E-state index in [1.165, 1.54) is 11.6 Å². The van der Waals surface area contributed by atoms with Crippen molar-refractivity contribution >= 4 is 21.6 Å². The lowest BCUT2D eigenvalue weighted by molar-refractivity contribution is -0.139. The maximum Gasteiger partial charge on any atom is 0.419 e. The SMILES string of the molecule is Cn1cc2c(c1C(=O)Nc1ccc(F)c(C(F)(F)F)c1)OC[C@@H]1CN(O)C[C@@H]1NS2(=O)=O. The van der Waals surface area contributed by atoms with E-state index in [2.05, 4.69) is 10.0 Å². The van der Waals surface area contributed by atoms with Crippen molar-refractivity contribution < 1.29 is 40.7 Å². The normalized spacial score (nSPS) is 22.9. The molecule has 1 aromatic heterocycles. The molecule has 1 aromatic carbocycles. The number of hydrogen-bond donors (Lipinski definition) is 3. The van der Waals surface area contributed by atoms with Gasteiger partial charge in [-0.05, 0) is 18.2 Å². The first-order chi connectivity index (χ1) is 14.9. The quantitative estimate of drug-likeness (QED) is 0.568. The monoisotopic (exact) mass is 478 g/mol. The zero-order valence-corrected chi connectivity index (χ0v) is 17.3.